The van der Waals surface area contributed by atoms with E-state index in [0.717, 1.165) is 8.70 Å². The fourth-order valence-corrected chi connectivity index (χ4v) is 7.23. The van der Waals surface area contributed by atoms with Crippen LogP contribution in [0.5, 0.6) is 0 Å². The SMILES string of the molecule is O=C=Nc1ccnc([As](c2ccccc2)c2ccccc2)c1N=C=O. The van der Waals surface area contributed by atoms with Gasteiger partial charge in [0.15, 0.2) is 0 Å². The monoisotopic (exact) mass is 389 g/mol. The zero-order valence-corrected chi connectivity index (χ0v) is 14.9. The van der Waals surface area contributed by atoms with Gasteiger partial charge in [0, 0.05) is 0 Å². The van der Waals surface area contributed by atoms with Gasteiger partial charge in [-0.3, -0.25) is 0 Å². The molecule has 1 heterocycles. The number of hydrogen-bond donors (Lipinski definition) is 0. The van der Waals surface area contributed by atoms with E-state index in [2.05, 4.69) is 15.0 Å². The van der Waals surface area contributed by atoms with Crippen LogP contribution in [-0.4, -0.2) is 31.8 Å². The van der Waals surface area contributed by atoms with Gasteiger partial charge in [0.05, 0.1) is 0 Å². The first-order valence-corrected chi connectivity index (χ1v) is 10.2. The molecule has 0 aliphatic carbocycles. The average molecular weight is 389 g/mol. The van der Waals surface area contributed by atoms with Crippen LogP contribution in [0.15, 0.2) is 82.9 Å². The van der Waals surface area contributed by atoms with Crippen molar-refractivity contribution in [3.05, 3.63) is 72.9 Å². The number of nitrogens with zero attached hydrogens (tertiary/aromatic N) is 3. The number of carbonyl (C=O) groups excluding carboxylic acids is 2. The molecule has 3 rings (SSSR count). The Hall–Kier alpha value is -3.09. The van der Waals surface area contributed by atoms with Crippen molar-refractivity contribution in [1.29, 1.82) is 0 Å². The molecule has 2 aromatic carbocycles. The van der Waals surface area contributed by atoms with Crippen LogP contribution < -0.4 is 13.2 Å². The Labute approximate surface area is 149 Å². The van der Waals surface area contributed by atoms with Crippen LogP contribution in [0.1, 0.15) is 0 Å². The summed E-state index contributed by atoms with van der Waals surface area (Å²) in [5.74, 6) is 0. The van der Waals surface area contributed by atoms with Crippen molar-refractivity contribution in [2.75, 3.05) is 0 Å². The molecule has 0 spiro atoms. The van der Waals surface area contributed by atoms with Crippen molar-refractivity contribution < 1.29 is 9.59 Å². The van der Waals surface area contributed by atoms with Gasteiger partial charge in [0.1, 0.15) is 0 Å². The van der Waals surface area contributed by atoms with E-state index in [4.69, 9.17) is 0 Å². The van der Waals surface area contributed by atoms with Crippen molar-refractivity contribution in [2.24, 2.45) is 9.98 Å². The summed E-state index contributed by atoms with van der Waals surface area (Å²) in [6.45, 7) is 0. The van der Waals surface area contributed by atoms with E-state index in [9.17, 15) is 9.59 Å². The molecule has 0 amide bonds. The van der Waals surface area contributed by atoms with E-state index >= 15 is 0 Å². The summed E-state index contributed by atoms with van der Waals surface area (Å²) in [5, 5.41) is 0. The first kappa shape index (κ1) is 16.8. The predicted octanol–water partition coefficient (Wildman–Crippen LogP) is 1.53. The maximum absolute atomic E-state index is 10.9. The van der Waals surface area contributed by atoms with Gasteiger partial charge in [0.2, 0.25) is 0 Å². The van der Waals surface area contributed by atoms with Gasteiger partial charge in [-0.1, -0.05) is 0 Å². The number of benzene rings is 2. The topological polar surface area (TPSA) is 71.8 Å². The van der Waals surface area contributed by atoms with Crippen LogP contribution in [0.2, 0.25) is 0 Å². The van der Waals surface area contributed by atoms with Gasteiger partial charge in [-0.15, -0.1) is 0 Å². The molecule has 0 unspecified atom stereocenters. The molecule has 6 heteroatoms. The third kappa shape index (κ3) is 3.71. The normalized spacial score (nSPS) is 9.96. The summed E-state index contributed by atoms with van der Waals surface area (Å²) >= 11 is -2.09. The molecule has 0 N–H and O–H groups in total. The summed E-state index contributed by atoms with van der Waals surface area (Å²) in [6, 6.07) is 21.5. The van der Waals surface area contributed by atoms with Crippen LogP contribution in [0.4, 0.5) is 11.4 Å². The van der Waals surface area contributed by atoms with Crippen LogP contribution in [0.25, 0.3) is 0 Å². The van der Waals surface area contributed by atoms with E-state index in [1.54, 1.807) is 12.3 Å². The van der Waals surface area contributed by atoms with E-state index in [1.165, 1.54) is 12.1 Å². The Kier molecular flexibility index (Phi) is 5.46. The second-order valence-electron chi connectivity index (χ2n) is 4.91. The first-order chi connectivity index (χ1) is 12.3. The minimum absolute atomic E-state index is 0.273. The minimum atomic E-state index is -2.09. The fourth-order valence-electron chi connectivity index (χ4n) is 2.44. The number of hydrogen-bond acceptors (Lipinski definition) is 5. The van der Waals surface area contributed by atoms with Gasteiger partial charge in [-0.25, -0.2) is 0 Å². The summed E-state index contributed by atoms with van der Waals surface area (Å²) in [6.07, 6.45) is 4.62. The van der Waals surface area contributed by atoms with E-state index in [-0.39, 0.29) is 11.4 Å². The van der Waals surface area contributed by atoms with E-state index in [0.29, 0.717) is 4.48 Å². The molecule has 5 nitrogen and oxygen atoms in total. The molecule has 0 fully saturated rings. The zero-order valence-electron chi connectivity index (χ0n) is 13.0. The van der Waals surface area contributed by atoms with E-state index in [1.807, 2.05) is 60.7 Å². The molecule has 0 bridgehead atoms. The molecule has 120 valence electrons. The van der Waals surface area contributed by atoms with Crippen LogP contribution in [0.3, 0.4) is 0 Å². The number of pyridine rings is 1. The molecular formula is C19H12AsN3O2. The first-order valence-electron chi connectivity index (χ1n) is 7.40. The second-order valence-corrected chi connectivity index (χ2v) is 9.38. The van der Waals surface area contributed by atoms with Gasteiger partial charge >= 0.3 is 149 Å². The van der Waals surface area contributed by atoms with Gasteiger partial charge in [0.25, 0.3) is 0 Å². The molecule has 1 aromatic heterocycles. The molecule has 0 saturated heterocycles. The van der Waals surface area contributed by atoms with Crippen molar-refractivity contribution in [2.45, 2.75) is 0 Å². The van der Waals surface area contributed by atoms with Crippen LogP contribution in [-0.2, 0) is 9.59 Å². The fraction of sp³-hybridized carbons (Fsp3) is 0. The second kappa shape index (κ2) is 8.14. The quantitative estimate of drug-likeness (QED) is 0.378. The van der Waals surface area contributed by atoms with Crippen molar-refractivity contribution in [1.82, 2.24) is 4.98 Å². The van der Waals surface area contributed by atoms with Crippen LogP contribution >= 0.6 is 0 Å². The molecule has 0 atom stereocenters. The molecule has 3 aromatic rings. The maximum atomic E-state index is 10.9. The number of isocyanates is 2. The zero-order chi connectivity index (χ0) is 17.5. The standard InChI is InChI=1S/C19H12AsN3O2/c24-13-22-17-11-12-21-19(18(17)23-14-25)20(15-7-3-1-4-8-15)16-9-5-2-6-10-16/h1-12H. The Balaban J connectivity index is 2.29. The number of aliphatic imine (C=N–C) groups is 2. The molecule has 0 aliphatic rings. The molecule has 25 heavy (non-hydrogen) atoms. The number of rotatable bonds is 5. The molecule has 0 aliphatic heterocycles. The predicted molar refractivity (Wildman–Crippen MR) is 97.3 cm³/mol. The Morgan fingerprint density at radius 3 is 1.84 bits per heavy atom. The van der Waals surface area contributed by atoms with Crippen molar-refractivity contribution >= 4 is 51.4 Å². The summed E-state index contributed by atoms with van der Waals surface area (Å²) in [7, 11) is 0. The number of aromatic nitrogens is 1. The average Bonchev–Trinajstić information content (AvgIpc) is 2.66. The summed E-state index contributed by atoms with van der Waals surface area (Å²) in [4.78, 5) is 33.6. The molecule has 0 saturated carbocycles. The Morgan fingerprint density at radius 1 is 0.760 bits per heavy atom. The Bertz CT molecular complexity index is 925. The van der Waals surface area contributed by atoms with Crippen molar-refractivity contribution in [3.8, 4) is 0 Å². The van der Waals surface area contributed by atoms with Crippen LogP contribution in [0, 0.1) is 0 Å². The molecular weight excluding hydrogens is 377 g/mol. The van der Waals surface area contributed by atoms with Gasteiger partial charge in [-0.05, 0) is 0 Å². The van der Waals surface area contributed by atoms with Gasteiger partial charge in [-0.2, -0.15) is 0 Å². The third-order valence-electron chi connectivity index (χ3n) is 3.45. The summed E-state index contributed by atoms with van der Waals surface area (Å²) < 4.78 is 2.93. The summed E-state index contributed by atoms with van der Waals surface area (Å²) in [5.41, 5.74) is 0.558. The van der Waals surface area contributed by atoms with E-state index < -0.39 is 14.7 Å². The van der Waals surface area contributed by atoms with Gasteiger partial charge < -0.3 is 0 Å². The molecule has 0 radical (unpaired) electrons. The van der Waals surface area contributed by atoms with Crippen molar-refractivity contribution in [3.63, 3.8) is 0 Å². The Morgan fingerprint density at radius 2 is 1.32 bits per heavy atom. The third-order valence-corrected chi connectivity index (χ3v) is 8.44.